The molecule has 0 unspecified atom stereocenters. The Kier molecular flexibility index (Phi) is 9.29. The first-order valence-corrected chi connectivity index (χ1v) is 11.6. The molecule has 1 aliphatic rings. The van der Waals surface area contributed by atoms with Gasteiger partial charge in [0.2, 0.25) is 5.75 Å². The molecule has 10 heteroatoms. The van der Waals surface area contributed by atoms with Crippen LogP contribution in [0.25, 0.3) is 0 Å². The van der Waals surface area contributed by atoms with Crippen LogP contribution in [0.1, 0.15) is 44.5 Å². The summed E-state index contributed by atoms with van der Waals surface area (Å²) < 4.78 is 16.9. The van der Waals surface area contributed by atoms with Crippen molar-refractivity contribution in [1.29, 1.82) is 0 Å². The van der Waals surface area contributed by atoms with E-state index in [4.69, 9.17) is 24.2 Å². The van der Waals surface area contributed by atoms with Crippen LogP contribution < -0.4 is 14.8 Å². The summed E-state index contributed by atoms with van der Waals surface area (Å²) in [6.07, 6.45) is 3.47. The summed E-state index contributed by atoms with van der Waals surface area (Å²) >= 11 is 0. The Labute approximate surface area is 200 Å². The van der Waals surface area contributed by atoms with E-state index in [9.17, 15) is 4.79 Å². The van der Waals surface area contributed by atoms with Gasteiger partial charge in [0.25, 0.3) is 0 Å². The Balaban J connectivity index is 1.62. The Morgan fingerprint density at radius 3 is 2.68 bits per heavy atom. The van der Waals surface area contributed by atoms with Crippen molar-refractivity contribution in [3.8, 4) is 11.5 Å². The van der Waals surface area contributed by atoms with Gasteiger partial charge in [-0.1, -0.05) is 0 Å². The molecule has 10 nitrogen and oxygen atoms in total. The van der Waals surface area contributed by atoms with Crippen LogP contribution >= 0.6 is 0 Å². The Morgan fingerprint density at radius 1 is 1.26 bits per heavy atom. The largest absolute Gasteiger partial charge is 0.528 e. The smallest absolute Gasteiger partial charge is 0.490 e. The highest BCUT2D eigenvalue weighted by molar-refractivity contribution is 5.67. The number of rotatable bonds is 10. The normalized spacial score (nSPS) is 14.6. The third-order valence-electron chi connectivity index (χ3n) is 5.29. The molecule has 0 aliphatic carbocycles. The van der Waals surface area contributed by atoms with Crippen LogP contribution in [-0.2, 0) is 16.0 Å². The molecule has 0 saturated carbocycles. The number of hydrogen-bond donors (Lipinski definition) is 2. The zero-order chi connectivity index (χ0) is 24.5. The monoisotopic (exact) mass is 474 g/mol. The molecule has 2 aromatic heterocycles. The van der Waals surface area contributed by atoms with Crippen molar-refractivity contribution in [2.45, 2.75) is 58.7 Å². The molecule has 0 bridgehead atoms. The lowest BCUT2D eigenvalue weighted by molar-refractivity contribution is -0.151. The van der Waals surface area contributed by atoms with Crippen LogP contribution in [0.15, 0.2) is 24.4 Å². The number of aliphatic hydroxyl groups is 1. The summed E-state index contributed by atoms with van der Waals surface area (Å²) in [6, 6.07) is 5.66. The second kappa shape index (κ2) is 12.4. The van der Waals surface area contributed by atoms with Gasteiger partial charge in [0, 0.05) is 50.5 Å². The zero-order valence-corrected chi connectivity index (χ0v) is 20.2. The number of hydroxylamine groups is 2. The lowest BCUT2D eigenvalue weighted by Crippen LogP contribution is -2.39. The molecule has 186 valence electrons. The Hall–Kier alpha value is -3.11. The molecule has 34 heavy (non-hydrogen) atoms. The van der Waals surface area contributed by atoms with Crippen LogP contribution in [0.3, 0.4) is 0 Å². The van der Waals surface area contributed by atoms with Crippen LogP contribution in [0.2, 0.25) is 0 Å². The minimum Gasteiger partial charge on any atom is -0.490 e. The third-order valence-corrected chi connectivity index (χ3v) is 5.29. The first-order chi connectivity index (χ1) is 16.4. The van der Waals surface area contributed by atoms with Crippen molar-refractivity contribution in [3.05, 3.63) is 35.8 Å². The van der Waals surface area contributed by atoms with Gasteiger partial charge in [0.1, 0.15) is 6.10 Å². The van der Waals surface area contributed by atoms with Crippen molar-refractivity contribution in [3.63, 3.8) is 0 Å². The summed E-state index contributed by atoms with van der Waals surface area (Å²) in [7, 11) is 1.58. The molecule has 0 radical (unpaired) electrons. The van der Waals surface area contributed by atoms with Gasteiger partial charge in [-0.15, -0.1) is 5.06 Å². The fraction of sp³-hybridized carbons (Fsp3) is 0.542. The number of aryl methyl sites for hydroxylation is 2. The van der Waals surface area contributed by atoms with Crippen molar-refractivity contribution in [2.24, 2.45) is 0 Å². The van der Waals surface area contributed by atoms with E-state index < -0.39 is 6.16 Å². The second-order valence-electron chi connectivity index (χ2n) is 8.33. The molecule has 0 spiro atoms. The van der Waals surface area contributed by atoms with Crippen LogP contribution in [0, 0.1) is 6.92 Å². The van der Waals surface area contributed by atoms with Crippen molar-refractivity contribution in [2.75, 3.05) is 32.1 Å². The SMILES string of the molecule is COc1c(OC2CCN(OC(=O)OC(C)C)CC2)ccnc1Nc1ccc(CCCO)nc1C. The first-order valence-electron chi connectivity index (χ1n) is 11.6. The summed E-state index contributed by atoms with van der Waals surface area (Å²) in [5.74, 6) is 1.62. The molecule has 3 heterocycles. The second-order valence-corrected chi connectivity index (χ2v) is 8.33. The van der Waals surface area contributed by atoms with E-state index >= 15 is 0 Å². The number of carbonyl (C=O) groups is 1. The molecular weight excluding hydrogens is 440 g/mol. The van der Waals surface area contributed by atoms with Crippen molar-refractivity contribution < 1.29 is 28.9 Å². The minimum absolute atomic E-state index is 0.0562. The van der Waals surface area contributed by atoms with E-state index in [0.29, 0.717) is 49.7 Å². The Bertz CT molecular complexity index is 947. The highest BCUT2D eigenvalue weighted by Crippen LogP contribution is 2.36. The van der Waals surface area contributed by atoms with E-state index in [1.807, 2.05) is 19.1 Å². The maximum Gasteiger partial charge on any atom is 0.528 e. The molecule has 1 fully saturated rings. The summed E-state index contributed by atoms with van der Waals surface area (Å²) in [5, 5.41) is 13.9. The molecular formula is C24H34N4O6. The van der Waals surface area contributed by atoms with Crippen LogP contribution in [-0.4, -0.2) is 65.3 Å². The Morgan fingerprint density at radius 2 is 2.03 bits per heavy atom. The van der Waals surface area contributed by atoms with Crippen LogP contribution in [0.5, 0.6) is 11.5 Å². The number of carbonyl (C=O) groups excluding carboxylic acids is 1. The van der Waals surface area contributed by atoms with E-state index in [2.05, 4.69) is 15.3 Å². The molecule has 1 aliphatic heterocycles. The number of methoxy groups -OCH3 is 1. The van der Waals surface area contributed by atoms with Gasteiger partial charge in [-0.2, -0.15) is 0 Å². The van der Waals surface area contributed by atoms with Gasteiger partial charge in [0.15, 0.2) is 11.6 Å². The van der Waals surface area contributed by atoms with Crippen molar-refractivity contribution in [1.82, 2.24) is 15.0 Å². The number of nitrogens with one attached hydrogen (secondary N) is 1. The first kappa shape index (κ1) is 25.5. The van der Waals surface area contributed by atoms with Gasteiger partial charge in [0.05, 0.1) is 24.6 Å². The molecule has 2 aromatic rings. The summed E-state index contributed by atoms with van der Waals surface area (Å²) in [4.78, 5) is 25.9. The molecule has 2 N–H and O–H groups in total. The topological polar surface area (TPSA) is 115 Å². The highest BCUT2D eigenvalue weighted by atomic mass is 16.8. The number of anilines is 2. The third kappa shape index (κ3) is 7.19. The number of aromatic nitrogens is 2. The molecule has 1 saturated heterocycles. The quantitative estimate of drug-likeness (QED) is 0.493. The lowest BCUT2D eigenvalue weighted by atomic mass is 10.1. The van der Waals surface area contributed by atoms with E-state index in [1.54, 1.807) is 38.3 Å². The van der Waals surface area contributed by atoms with Gasteiger partial charge >= 0.3 is 6.16 Å². The van der Waals surface area contributed by atoms with E-state index in [0.717, 1.165) is 23.5 Å². The maximum absolute atomic E-state index is 11.7. The average Bonchev–Trinajstić information content (AvgIpc) is 2.80. The molecule has 3 rings (SSSR count). The zero-order valence-electron chi connectivity index (χ0n) is 20.2. The van der Waals surface area contributed by atoms with Gasteiger partial charge in [-0.3, -0.25) is 4.98 Å². The van der Waals surface area contributed by atoms with Crippen molar-refractivity contribution >= 4 is 17.7 Å². The fourth-order valence-electron chi connectivity index (χ4n) is 3.62. The lowest BCUT2D eigenvalue weighted by Gasteiger charge is -2.30. The van der Waals surface area contributed by atoms with Gasteiger partial charge in [-0.25, -0.2) is 9.78 Å². The number of piperidine rings is 1. The van der Waals surface area contributed by atoms with Crippen LogP contribution in [0.4, 0.5) is 16.3 Å². The van der Waals surface area contributed by atoms with Gasteiger partial charge in [-0.05, 0) is 45.7 Å². The molecule has 0 atom stereocenters. The minimum atomic E-state index is -0.688. The number of ether oxygens (including phenoxy) is 3. The number of aliphatic hydroxyl groups excluding tert-OH is 1. The fourth-order valence-corrected chi connectivity index (χ4v) is 3.62. The average molecular weight is 475 g/mol. The standard InChI is InChI=1S/C24H34N4O6/c1-16(2)32-24(30)34-28-13-10-19(11-14-28)33-21-9-12-25-23(22(21)31-4)27-20-8-7-18(6-5-15-29)26-17(20)3/h7-9,12,16,19,29H,5-6,10-11,13-15H2,1-4H3,(H,25,27). The molecule has 0 aromatic carbocycles. The predicted molar refractivity (Wildman–Crippen MR) is 126 cm³/mol. The predicted octanol–water partition coefficient (Wildman–Crippen LogP) is 3.78. The number of hydrogen-bond acceptors (Lipinski definition) is 10. The number of nitrogens with zero attached hydrogens (tertiary/aromatic N) is 3. The highest BCUT2D eigenvalue weighted by Gasteiger charge is 2.25. The molecule has 0 amide bonds. The van der Waals surface area contributed by atoms with E-state index in [1.165, 1.54) is 0 Å². The van der Waals surface area contributed by atoms with E-state index in [-0.39, 0.29) is 18.8 Å². The summed E-state index contributed by atoms with van der Waals surface area (Å²) in [5.41, 5.74) is 2.57. The van der Waals surface area contributed by atoms with Gasteiger partial charge < -0.3 is 29.5 Å². The summed E-state index contributed by atoms with van der Waals surface area (Å²) in [6.45, 7) is 6.71. The number of pyridine rings is 2. The maximum atomic E-state index is 11.7.